The van der Waals surface area contributed by atoms with Crippen molar-refractivity contribution >= 4 is 5.97 Å². The summed E-state index contributed by atoms with van der Waals surface area (Å²) >= 11 is 0. The number of hydrogen-bond acceptors (Lipinski definition) is 4. The molecule has 0 amide bonds. The molecule has 0 bridgehead atoms. The van der Waals surface area contributed by atoms with Crippen LogP contribution in [-0.2, 0) is 11.2 Å². The summed E-state index contributed by atoms with van der Waals surface area (Å²) in [5.41, 5.74) is 1.78. The van der Waals surface area contributed by atoms with E-state index in [-0.39, 0.29) is 6.42 Å². The summed E-state index contributed by atoms with van der Waals surface area (Å²) in [5, 5.41) is 8.98. The van der Waals surface area contributed by atoms with E-state index in [1.807, 2.05) is 0 Å². The smallest absolute Gasteiger partial charge is 0.352 e. The van der Waals surface area contributed by atoms with E-state index in [1.54, 1.807) is 45.2 Å². The summed E-state index contributed by atoms with van der Waals surface area (Å²) in [5.74, 6) is -0.279. The van der Waals surface area contributed by atoms with Crippen molar-refractivity contribution in [3.05, 3.63) is 51.7 Å². The summed E-state index contributed by atoms with van der Waals surface area (Å²) in [6.45, 7) is 3.36. The Morgan fingerprint density at radius 3 is 2.43 bits per heavy atom. The van der Waals surface area contributed by atoms with Gasteiger partial charge in [-0.05, 0) is 38.1 Å². The lowest BCUT2D eigenvalue weighted by Gasteiger charge is -2.14. The van der Waals surface area contributed by atoms with Gasteiger partial charge in [0.2, 0.25) is 0 Å². The number of rotatable bonds is 4. The van der Waals surface area contributed by atoms with Crippen LogP contribution in [0.4, 0.5) is 0 Å². The molecular weight excluding hydrogens is 272 g/mol. The van der Waals surface area contributed by atoms with Crippen LogP contribution in [0.3, 0.4) is 0 Å². The quantitative estimate of drug-likeness (QED) is 0.921. The number of aromatic nitrogens is 2. The molecule has 6 nitrogen and oxygen atoms in total. The Morgan fingerprint density at radius 2 is 1.90 bits per heavy atom. The van der Waals surface area contributed by atoms with E-state index in [0.29, 0.717) is 28.4 Å². The van der Waals surface area contributed by atoms with E-state index < -0.39 is 11.7 Å². The maximum Gasteiger partial charge on any atom is 0.352 e. The highest BCUT2D eigenvalue weighted by Gasteiger charge is 2.15. The second-order valence-electron chi connectivity index (χ2n) is 4.65. The van der Waals surface area contributed by atoms with Crippen LogP contribution in [-0.4, -0.2) is 27.7 Å². The van der Waals surface area contributed by atoms with Crippen LogP contribution in [0.25, 0.3) is 5.69 Å². The monoisotopic (exact) mass is 288 g/mol. The molecule has 0 saturated heterocycles. The lowest BCUT2D eigenvalue weighted by atomic mass is 10.1. The number of ether oxygens (including phenoxy) is 1. The van der Waals surface area contributed by atoms with Gasteiger partial charge >= 0.3 is 11.7 Å². The number of carboxylic acids is 1. The van der Waals surface area contributed by atoms with Crippen molar-refractivity contribution in [2.45, 2.75) is 20.3 Å². The molecule has 1 N–H and O–H groups in total. The van der Waals surface area contributed by atoms with Crippen LogP contribution >= 0.6 is 0 Å². The minimum atomic E-state index is -0.956. The summed E-state index contributed by atoms with van der Waals surface area (Å²) < 4.78 is 6.49. The van der Waals surface area contributed by atoms with Gasteiger partial charge in [-0.1, -0.05) is 0 Å². The molecular formula is C15H16N2O4. The standard InChI is InChI=1S/C15H16N2O4/c1-9-13(8-14(18)19)10(2)17(15(20)16-9)11-4-6-12(21-3)7-5-11/h4-7H,8H2,1-3H3,(H,18,19). The van der Waals surface area contributed by atoms with E-state index in [2.05, 4.69) is 4.98 Å². The molecule has 0 aliphatic rings. The molecule has 0 radical (unpaired) electrons. The number of aliphatic carboxylic acids is 1. The molecule has 21 heavy (non-hydrogen) atoms. The number of benzene rings is 1. The molecule has 0 spiro atoms. The van der Waals surface area contributed by atoms with Gasteiger partial charge < -0.3 is 9.84 Å². The molecule has 110 valence electrons. The Hall–Kier alpha value is -2.63. The van der Waals surface area contributed by atoms with Crippen molar-refractivity contribution in [3.63, 3.8) is 0 Å². The van der Waals surface area contributed by atoms with Crippen molar-refractivity contribution in [1.29, 1.82) is 0 Å². The number of hydrogen-bond donors (Lipinski definition) is 1. The minimum absolute atomic E-state index is 0.166. The van der Waals surface area contributed by atoms with E-state index >= 15 is 0 Å². The highest BCUT2D eigenvalue weighted by Crippen LogP contribution is 2.18. The molecule has 0 atom stereocenters. The number of carbonyl (C=O) groups is 1. The fourth-order valence-corrected chi connectivity index (χ4v) is 2.24. The largest absolute Gasteiger partial charge is 0.497 e. The first-order valence-electron chi connectivity index (χ1n) is 6.39. The fourth-order valence-electron chi connectivity index (χ4n) is 2.24. The Kier molecular flexibility index (Phi) is 4.07. The molecule has 2 aromatic rings. The molecule has 1 aromatic heterocycles. The van der Waals surface area contributed by atoms with E-state index in [1.165, 1.54) is 4.57 Å². The lowest BCUT2D eigenvalue weighted by Crippen LogP contribution is -2.27. The zero-order chi connectivity index (χ0) is 15.6. The molecule has 0 unspecified atom stereocenters. The maximum absolute atomic E-state index is 12.1. The van der Waals surface area contributed by atoms with Crippen LogP contribution in [0.5, 0.6) is 5.75 Å². The van der Waals surface area contributed by atoms with Crippen molar-refractivity contribution in [2.24, 2.45) is 0 Å². The fraction of sp³-hybridized carbons (Fsp3) is 0.267. The highest BCUT2D eigenvalue weighted by atomic mass is 16.5. The molecule has 1 aromatic carbocycles. The van der Waals surface area contributed by atoms with Crippen molar-refractivity contribution < 1.29 is 14.6 Å². The van der Waals surface area contributed by atoms with E-state index in [0.717, 1.165) is 0 Å². The summed E-state index contributed by atoms with van der Waals surface area (Å²) in [6.07, 6.45) is -0.166. The Labute approximate surface area is 121 Å². The van der Waals surface area contributed by atoms with Gasteiger partial charge in [0.25, 0.3) is 0 Å². The highest BCUT2D eigenvalue weighted by molar-refractivity contribution is 5.71. The summed E-state index contributed by atoms with van der Waals surface area (Å²) in [4.78, 5) is 27.0. The van der Waals surface area contributed by atoms with Crippen LogP contribution in [0.2, 0.25) is 0 Å². The van der Waals surface area contributed by atoms with Gasteiger partial charge in [0, 0.05) is 17.0 Å². The predicted molar refractivity (Wildman–Crippen MR) is 77.2 cm³/mol. The first kappa shape index (κ1) is 14.8. The zero-order valence-corrected chi connectivity index (χ0v) is 12.1. The third-order valence-corrected chi connectivity index (χ3v) is 3.32. The van der Waals surface area contributed by atoms with Gasteiger partial charge in [-0.2, -0.15) is 4.98 Å². The van der Waals surface area contributed by atoms with Crippen LogP contribution < -0.4 is 10.4 Å². The average Bonchev–Trinajstić information content (AvgIpc) is 2.44. The second kappa shape index (κ2) is 5.78. The normalized spacial score (nSPS) is 10.4. The van der Waals surface area contributed by atoms with E-state index in [9.17, 15) is 9.59 Å². The van der Waals surface area contributed by atoms with Crippen LogP contribution in [0, 0.1) is 13.8 Å². The SMILES string of the molecule is COc1ccc(-n2c(C)c(CC(=O)O)c(C)nc2=O)cc1. The van der Waals surface area contributed by atoms with Gasteiger partial charge in [0.1, 0.15) is 5.75 Å². The second-order valence-corrected chi connectivity index (χ2v) is 4.65. The summed E-state index contributed by atoms with van der Waals surface area (Å²) in [6, 6.07) is 6.93. The van der Waals surface area contributed by atoms with E-state index in [4.69, 9.17) is 9.84 Å². The minimum Gasteiger partial charge on any atom is -0.497 e. The number of aryl methyl sites for hydroxylation is 1. The predicted octanol–water partition coefficient (Wildman–Crippen LogP) is 1.49. The molecule has 0 fully saturated rings. The topological polar surface area (TPSA) is 81.4 Å². The average molecular weight is 288 g/mol. The third kappa shape index (κ3) is 2.94. The third-order valence-electron chi connectivity index (χ3n) is 3.32. The van der Waals surface area contributed by atoms with Crippen LogP contribution in [0.1, 0.15) is 17.0 Å². The maximum atomic E-state index is 12.1. The van der Waals surface area contributed by atoms with Crippen LogP contribution in [0.15, 0.2) is 29.1 Å². The Bertz CT molecular complexity index is 733. The molecule has 0 aliphatic heterocycles. The van der Waals surface area contributed by atoms with Crippen molar-refractivity contribution in [2.75, 3.05) is 7.11 Å². The number of nitrogens with zero attached hydrogens (tertiary/aromatic N) is 2. The molecule has 2 rings (SSSR count). The Morgan fingerprint density at radius 1 is 1.29 bits per heavy atom. The molecule has 0 aliphatic carbocycles. The lowest BCUT2D eigenvalue weighted by molar-refractivity contribution is -0.136. The van der Waals surface area contributed by atoms with Crippen molar-refractivity contribution in [3.8, 4) is 11.4 Å². The molecule has 0 saturated carbocycles. The molecule has 6 heteroatoms. The first-order valence-corrected chi connectivity index (χ1v) is 6.39. The van der Waals surface area contributed by atoms with Gasteiger partial charge in [-0.15, -0.1) is 0 Å². The Balaban J connectivity index is 2.62. The first-order chi connectivity index (χ1) is 9.93. The van der Waals surface area contributed by atoms with Gasteiger partial charge in [-0.25, -0.2) is 4.79 Å². The number of carboxylic acid groups (broad SMARTS) is 1. The summed E-state index contributed by atoms with van der Waals surface area (Å²) in [7, 11) is 1.56. The van der Waals surface area contributed by atoms with Crippen molar-refractivity contribution in [1.82, 2.24) is 9.55 Å². The van der Waals surface area contributed by atoms with Gasteiger partial charge in [0.05, 0.1) is 19.2 Å². The molecule has 1 heterocycles. The number of methoxy groups -OCH3 is 1. The van der Waals surface area contributed by atoms with Gasteiger partial charge in [-0.3, -0.25) is 9.36 Å². The zero-order valence-electron chi connectivity index (χ0n) is 12.1. The van der Waals surface area contributed by atoms with Gasteiger partial charge in [0.15, 0.2) is 0 Å².